The molecule has 2 amide bonds. The molecule has 3 atom stereocenters. The van der Waals surface area contributed by atoms with Gasteiger partial charge in [-0.05, 0) is 42.0 Å². The Bertz CT molecular complexity index is 1070. The lowest BCUT2D eigenvalue weighted by molar-refractivity contribution is -0.173. The van der Waals surface area contributed by atoms with Crippen molar-refractivity contribution in [1.82, 2.24) is 0 Å². The molecule has 3 rings (SSSR count). The highest BCUT2D eigenvalue weighted by molar-refractivity contribution is 6.53. The Morgan fingerprint density at radius 2 is 1.64 bits per heavy atom. The number of anilines is 2. The largest absolute Gasteiger partial charge is 0.392 e. The minimum Gasteiger partial charge on any atom is -0.326 e. The van der Waals surface area contributed by atoms with Gasteiger partial charge in [0.05, 0.1) is 22.5 Å². The van der Waals surface area contributed by atoms with Gasteiger partial charge in [0, 0.05) is 28.1 Å². The average molecular weight is 563 g/mol. The average Bonchev–Trinajstić information content (AvgIpc) is 3.25. The highest BCUT2D eigenvalue weighted by atomic mass is 35.5. The predicted molar refractivity (Wildman–Crippen MR) is 126 cm³/mol. The Morgan fingerprint density at radius 3 is 2.21 bits per heavy atom. The van der Waals surface area contributed by atoms with Crippen LogP contribution >= 0.6 is 58.0 Å². The Kier molecular flexibility index (Phi) is 7.71. The third-order valence-electron chi connectivity index (χ3n) is 5.14. The molecule has 0 saturated heterocycles. The van der Waals surface area contributed by atoms with Gasteiger partial charge < -0.3 is 10.6 Å². The van der Waals surface area contributed by atoms with Crippen LogP contribution in [0.2, 0.25) is 15.1 Å². The Labute approximate surface area is 212 Å². The lowest BCUT2D eigenvalue weighted by Gasteiger charge is -2.16. The maximum atomic E-state index is 12.8. The van der Waals surface area contributed by atoms with E-state index in [0.29, 0.717) is 15.6 Å². The molecule has 2 aromatic carbocycles. The molecule has 0 aliphatic heterocycles. The maximum Gasteiger partial charge on any atom is 0.392 e. The van der Waals surface area contributed by atoms with Crippen molar-refractivity contribution in [2.45, 2.75) is 29.8 Å². The van der Waals surface area contributed by atoms with Gasteiger partial charge in [0.25, 0.3) is 0 Å². The van der Waals surface area contributed by atoms with Gasteiger partial charge in [0.15, 0.2) is 0 Å². The quantitative estimate of drug-likeness (QED) is 0.355. The van der Waals surface area contributed by atoms with E-state index in [2.05, 4.69) is 10.6 Å². The zero-order valence-electron chi connectivity index (χ0n) is 16.7. The fraction of sp³-hybridized carbons (Fsp3) is 0.333. The topological polar surface area (TPSA) is 58.2 Å². The molecule has 1 aliphatic carbocycles. The van der Waals surface area contributed by atoms with E-state index >= 15 is 0 Å². The van der Waals surface area contributed by atoms with E-state index < -0.39 is 46.5 Å². The molecule has 0 bridgehead atoms. The molecule has 0 spiro atoms. The fourth-order valence-electron chi connectivity index (χ4n) is 3.34. The molecule has 0 radical (unpaired) electrons. The Morgan fingerprint density at radius 1 is 1.03 bits per heavy atom. The van der Waals surface area contributed by atoms with E-state index in [9.17, 15) is 22.8 Å². The molecular formula is C21H16Cl5F3N2O2. The molecule has 12 heteroatoms. The summed E-state index contributed by atoms with van der Waals surface area (Å²) in [7, 11) is 0. The van der Waals surface area contributed by atoms with Gasteiger partial charge in [-0.25, -0.2) is 0 Å². The number of nitrogens with one attached hydrogen (secondary N) is 2. The molecule has 1 saturated carbocycles. The number of carbonyl (C=O) groups is 2. The second kappa shape index (κ2) is 9.70. The van der Waals surface area contributed by atoms with Crippen LogP contribution in [0.25, 0.3) is 0 Å². The molecule has 2 aromatic rings. The van der Waals surface area contributed by atoms with Crippen LogP contribution in [0.15, 0.2) is 36.4 Å². The van der Waals surface area contributed by atoms with Gasteiger partial charge in [-0.1, -0.05) is 41.7 Å². The van der Waals surface area contributed by atoms with Crippen molar-refractivity contribution in [1.29, 1.82) is 0 Å². The number of carbonyl (C=O) groups excluding carboxylic acids is 2. The highest BCUT2D eigenvalue weighted by Crippen LogP contribution is 2.65. The highest BCUT2D eigenvalue weighted by Gasteiger charge is 2.67. The predicted octanol–water partition coefficient (Wildman–Crippen LogP) is 7.70. The fourth-order valence-corrected chi connectivity index (χ4v) is 4.87. The van der Waals surface area contributed by atoms with Gasteiger partial charge in [-0.2, -0.15) is 13.2 Å². The summed E-state index contributed by atoms with van der Waals surface area (Å²) in [6, 6.07) is 8.94. The molecule has 0 unspecified atom stereocenters. The normalized spacial score (nSPS) is 20.2. The van der Waals surface area contributed by atoms with Gasteiger partial charge in [-0.3, -0.25) is 9.59 Å². The number of hydrogen-bond donors (Lipinski definition) is 2. The summed E-state index contributed by atoms with van der Waals surface area (Å²) >= 11 is 30.7. The number of amides is 2. The van der Waals surface area contributed by atoms with Gasteiger partial charge in [0.2, 0.25) is 11.8 Å². The Hall–Kier alpha value is -1.38. The molecule has 33 heavy (non-hydrogen) atoms. The molecule has 1 fully saturated rings. The van der Waals surface area contributed by atoms with E-state index in [1.165, 1.54) is 24.3 Å². The van der Waals surface area contributed by atoms with E-state index in [1.807, 2.05) is 0 Å². The van der Waals surface area contributed by atoms with Crippen LogP contribution in [0.4, 0.5) is 24.5 Å². The summed E-state index contributed by atoms with van der Waals surface area (Å²) in [5.74, 6) is -4.59. The molecular weight excluding hydrogens is 547 g/mol. The molecule has 178 valence electrons. The first-order chi connectivity index (χ1) is 15.2. The van der Waals surface area contributed by atoms with Crippen molar-refractivity contribution >= 4 is 81.2 Å². The second-order valence-electron chi connectivity index (χ2n) is 7.71. The lowest BCUT2D eigenvalue weighted by atomic mass is 10.1. The molecule has 0 aromatic heterocycles. The van der Waals surface area contributed by atoms with Crippen LogP contribution in [0, 0.1) is 11.8 Å². The molecule has 2 N–H and O–H groups in total. The van der Waals surface area contributed by atoms with E-state index in [0.717, 1.165) is 6.92 Å². The van der Waals surface area contributed by atoms with Crippen molar-refractivity contribution in [3.8, 4) is 0 Å². The maximum absolute atomic E-state index is 12.8. The standard InChI is InChI=1S/C21H16Cl5F3N2O2/c1-9(21(27,28)29)4-16(32)31-15-8-13(2-3-14(15)24)30-19(33)18-17(20(18,25)26)10-5-11(22)7-12(23)6-10/h2-3,5-9,17-18H,4H2,1H3,(H,30,33)(H,31,32)/t9-,17+,18-/m1/s1. The summed E-state index contributed by atoms with van der Waals surface area (Å²) in [6.07, 6.45) is -5.27. The van der Waals surface area contributed by atoms with Crippen molar-refractivity contribution < 1.29 is 22.8 Å². The van der Waals surface area contributed by atoms with Crippen molar-refractivity contribution in [3.63, 3.8) is 0 Å². The minimum atomic E-state index is -4.50. The minimum absolute atomic E-state index is 0.0471. The van der Waals surface area contributed by atoms with E-state index in [1.54, 1.807) is 12.1 Å². The summed E-state index contributed by atoms with van der Waals surface area (Å²) in [6.45, 7) is 0.904. The zero-order valence-corrected chi connectivity index (χ0v) is 20.5. The molecule has 1 aliphatic rings. The van der Waals surface area contributed by atoms with Crippen molar-refractivity contribution in [2.75, 3.05) is 10.6 Å². The first-order valence-corrected chi connectivity index (χ1v) is 11.4. The number of benzene rings is 2. The van der Waals surface area contributed by atoms with Crippen molar-refractivity contribution in [3.05, 3.63) is 57.0 Å². The number of halogens is 8. The van der Waals surface area contributed by atoms with Crippen LogP contribution in [0.5, 0.6) is 0 Å². The second-order valence-corrected chi connectivity index (χ2v) is 10.4. The molecule has 0 heterocycles. The Balaban J connectivity index is 1.71. The first-order valence-electron chi connectivity index (χ1n) is 9.51. The number of alkyl halides is 5. The summed E-state index contributed by atoms with van der Waals surface area (Å²) in [5, 5.41) is 5.78. The summed E-state index contributed by atoms with van der Waals surface area (Å²) < 4.78 is 36.7. The van der Waals surface area contributed by atoms with Crippen LogP contribution in [0.1, 0.15) is 24.8 Å². The third-order valence-corrected chi connectivity index (χ3v) is 6.84. The smallest absolute Gasteiger partial charge is 0.326 e. The van der Waals surface area contributed by atoms with Gasteiger partial charge in [0.1, 0.15) is 4.33 Å². The number of rotatable bonds is 6. The van der Waals surface area contributed by atoms with E-state index in [-0.39, 0.29) is 16.4 Å². The summed E-state index contributed by atoms with van der Waals surface area (Å²) in [4.78, 5) is 24.8. The monoisotopic (exact) mass is 560 g/mol. The SMILES string of the molecule is C[C@H](CC(=O)Nc1cc(NC(=O)[C@H]2[C@H](c3cc(Cl)cc(Cl)c3)C2(Cl)Cl)ccc1Cl)C(F)(F)F. The van der Waals surface area contributed by atoms with Crippen LogP contribution in [-0.4, -0.2) is 22.3 Å². The first kappa shape index (κ1) is 26.2. The lowest BCUT2D eigenvalue weighted by Crippen LogP contribution is -2.25. The van der Waals surface area contributed by atoms with Crippen LogP contribution in [0.3, 0.4) is 0 Å². The van der Waals surface area contributed by atoms with Gasteiger partial charge in [-0.15, -0.1) is 23.2 Å². The van der Waals surface area contributed by atoms with Gasteiger partial charge >= 0.3 is 6.18 Å². The molecule has 4 nitrogen and oxygen atoms in total. The zero-order chi connectivity index (χ0) is 24.7. The van der Waals surface area contributed by atoms with Crippen molar-refractivity contribution in [2.24, 2.45) is 11.8 Å². The van der Waals surface area contributed by atoms with E-state index in [4.69, 9.17) is 58.0 Å². The third kappa shape index (κ3) is 6.20. The number of hydrogen-bond acceptors (Lipinski definition) is 2. The summed E-state index contributed by atoms with van der Waals surface area (Å²) in [5.41, 5.74) is 0.883. The van der Waals surface area contributed by atoms with Crippen LogP contribution < -0.4 is 10.6 Å². The van der Waals surface area contributed by atoms with Crippen LogP contribution in [-0.2, 0) is 9.59 Å².